The molecule has 38 heavy (non-hydrogen) atoms. The lowest BCUT2D eigenvalue weighted by Crippen LogP contribution is -2.57. The maximum Gasteiger partial charge on any atom is 0.246 e. The lowest BCUT2D eigenvalue weighted by molar-refractivity contribution is -0.142. The maximum atomic E-state index is 14.1. The number of carbonyl (C=O) groups is 3. The fourth-order valence-electron chi connectivity index (χ4n) is 7.00. The van der Waals surface area contributed by atoms with Gasteiger partial charge in [-0.2, -0.15) is 0 Å². The van der Waals surface area contributed by atoms with Gasteiger partial charge in [0.25, 0.3) is 0 Å². The van der Waals surface area contributed by atoms with E-state index < -0.39 is 29.6 Å². The molecule has 7 nitrogen and oxygen atoms in total. The Morgan fingerprint density at radius 2 is 2.00 bits per heavy atom. The average Bonchev–Trinajstić information content (AvgIpc) is 3.65. The summed E-state index contributed by atoms with van der Waals surface area (Å²) in [5.74, 6) is -1.20. The fraction of sp³-hybridized carbons (Fsp3) is 0.500. The van der Waals surface area contributed by atoms with E-state index in [1.54, 1.807) is 16.2 Å². The summed E-state index contributed by atoms with van der Waals surface area (Å²) in [5.41, 5.74) is 0.568. The molecule has 0 unspecified atom stereocenters. The van der Waals surface area contributed by atoms with Crippen molar-refractivity contribution in [3.63, 3.8) is 0 Å². The molecule has 2 bridgehead atoms. The Kier molecular flexibility index (Phi) is 6.43. The van der Waals surface area contributed by atoms with E-state index in [0.717, 1.165) is 29.7 Å². The summed E-state index contributed by atoms with van der Waals surface area (Å²) >= 11 is 1.55. The predicted octanol–water partition coefficient (Wildman–Crippen LogP) is 4.29. The van der Waals surface area contributed by atoms with Crippen molar-refractivity contribution in [2.75, 3.05) is 5.32 Å². The molecule has 4 heterocycles. The molecule has 8 heteroatoms. The Bertz CT molecular complexity index is 1280. The van der Waals surface area contributed by atoms with Gasteiger partial charge in [0.2, 0.25) is 17.7 Å². The molecular weight excluding hydrogens is 498 g/mol. The van der Waals surface area contributed by atoms with Crippen molar-refractivity contribution in [3.05, 3.63) is 64.4 Å². The van der Waals surface area contributed by atoms with Gasteiger partial charge in [0.05, 0.1) is 24.5 Å². The van der Waals surface area contributed by atoms with Crippen molar-refractivity contribution in [1.29, 1.82) is 0 Å². The molecule has 3 fully saturated rings. The Hall–Kier alpha value is -2.97. The molecule has 1 aliphatic carbocycles. The molecule has 3 amide bonds. The molecular formula is C30H35N3O4S. The number of nitrogens with zero attached hydrogens (tertiary/aromatic N) is 1. The molecule has 2 N–H and O–H groups in total. The number of likely N-dealkylation sites (tertiary alicyclic amines) is 1. The highest BCUT2D eigenvalue weighted by atomic mass is 32.1. The molecule has 0 radical (unpaired) electrons. The summed E-state index contributed by atoms with van der Waals surface area (Å²) < 4.78 is 6.48. The zero-order chi connectivity index (χ0) is 26.6. The molecule has 2 aromatic rings. The van der Waals surface area contributed by atoms with Crippen LogP contribution in [0.1, 0.15) is 43.6 Å². The fourth-order valence-corrected chi connectivity index (χ4v) is 7.71. The van der Waals surface area contributed by atoms with Gasteiger partial charge in [-0.15, -0.1) is 11.3 Å². The molecule has 3 aliphatic heterocycles. The van der Waals surface area contributed by atoms with Crippen LogP contribution in [0.15, 0.2) is 53.9 Å². The minimum Gasteiger partial charge on any atom is -0.359 e. The lowest BCUT2D eigenvalue weighted by atomic mass is 9.73. The van der Waals surface area contributed by atoms with E-state index >= 15 is 0 Å². The number of carbonyl (C=O) groups excluding carboxylic acids is 3. The van der Waals surface area contributed by atoms with Gasteiger partial charge in [0, 0.05) is 16.6 Å². The van der Waals surface area contributed by atoms with Gasteiger partial charge in [0.1, 0.15) is 11.6 Å². The van der Waals surface area contributed by atoms with Crippen LogP contribution in [-0.2, 0) is 25.7 Å². The van der Waals surface area contributed by atoms with E-state index in [0.29, 0.717) is 24.1 Å². The number of thiophene rings is 1. The summed E-state index contributed by atoms with van der Waals surface area (Å²) in [7, 11) is 0. The molecule has 6 rings (SSSR count). The van der Waals surface area contributed by atoms with Crippen LogP contribution >= 0.6 is 11.3 Å². The molecule has 8 atom stereocenters. The van der Waals surface area contributed by atoms with Crippen LogP contribution in [0.5, 0.6) is 0 Å². The van der Waals surface area contributed by atoms with Crippen molar-refractivity contribution in [2.45, 2.75) is 70.4 Å². The highest BCUT2D eigenvalue weighted by molar-refractivity contribution is 7.09. The highest BCUT2D eigenvalue weighted by Crippen LogP contribution is 2.55. The Morgan fingerprint density at radius 3 is 2.76 bits per heavy atom. The van der Waals surface area contributed by atoms with Crippen molar-refractivity contribution < 1.29 is 19.1 Å². The van der Waals surface area contributed by atoms with Crippen LogP contribution in [0, 0.1) is 30.6 Å². The van der Waals surface area contributed by atoms with Crippen LogP contribution in [-0.4, -0.2) is 46.4 Å². The van der Waals surface area contributed by atoms with Crippen molar-refractivity contribution in [1.82, 2.24) is 10.2 Å². The van der Waals surface area contributed by atoms with Crippen LogP contribution in [0.3, 0.4) is 0 Å². The number of ether oxygens (including phenoxy) is 1. The zero-order valence-electron chi connectivity index (χ0n) is 22.1. The first kappa shape index (κ1) is 25.3. The standard InChI is InChI=1S/C30H35N3O4S/c1-17-7-4-9-20(15-17)31-27(34)24-23-12-13-30(37-23)25(24)29(36)33(16-21-10-6-14-38-21)26(30)28(35)32-22-11-5-8-18(2)19(22)3/h4,6-7,9-10,12-15,18-19,22-26H,5,8,11,16H2,1-3H3,(H,31,34)(H,32,35)/t18-,19-,22+,23+,24-,25+,26+,30+/m0/s1. The van der Waals surface area contributed by atoms with E-state index in [1.165, 1.54) is 0 Å². The number of amides is 3. The number of benzene rings is 1. The third-order valence-corrected chi connectivity index (χ3v) is 10.0. The van der Waals surface area contributed by atoms with Gasteiger partial charge in [-0.05, 0) is 54.3 Å². The minimum atomic E-state index is -1.15. The summed E-state index contributed by atoms with van der Waals surface area (Å²) in [6.07, 6.45) is 6.37. The van der Waals surface area contributed by atoms with Gasteiger partial charge < -0.3 is 20.3 Å². The Morgan fingerprint density at radius 1 is 1.16 bits per heavy atom. The molecule has 2 saturated heterocycles. The van der Waals surface area contributed by atoms with E-state index in [-0.39, 0.29) is 23.8 Å². The number of nitrogens with one attached hydrogen (secondary N) is 2. The number of anilines is 1. The Labute approximate surface area is 227 Å². The quantitative estimate of drug-likeness (QED) is 0.543. The summed E-state index contributed by atoms with van der Waals surface area (Å²) in [5, 5.41) is 8.27. The van der Waals surface area contributed by atoms with E-state index in [9.17, 15) is 14.4 Å². The predicted molar refractivity (Wildman–Crippen MR) is 146 cm³/mol. The topological polar surface area (TPSA) is 87.7 Å². The lowest BCUT2D eigenvalue weighted by Gasteiger charge is -2.38. The van der Waals surface area contributed by atoms with Crippen LogP contribution < -0.4 is 10.6 Å². The monoisotopic (exact) mass is 533 g/mol. The molecule has 1 aromatic carbocycles. The number of fused-ring (bicyclic) bond motifs is 1. The average molecular weight is 534 g/mol. The van der Waals surface area contributed by atoms with E-state index in [4.69, 9.17) is 4.74 Å². The van der Waals surface area contributed by atoms with Gasteiger partial charge >= 0.3 is 0 Å². The van der Waals surface area contributed by atoms with Gasteiger partial charge in [-0.1, -0.05) is 57.0 Å². The second-order valence-electron chi connectivity index (χ2n) is 11.5. The first-order chi connectivity index (χ1) is 18.3. The third kappa shape index (κ3) is 4.09. The van der Waals surface area contributed by atoms with Crippen LogP contribution in [0.25, 0.3) is 0 Å². The van der Waals surface area contributed by atoms with Gasteiger partial charge in [-0.25, -0.2) is 0 Å². The summed E-state index contributed by atoms with van der Waals surface area (Å²) in [4.78, 5) is 44.4. The zero-order valence-corrected chi connectivity index (χ0v) is 22.9. The smallest absolute Gasteiger partial charge is 0.246 e. The summed E-state index contributed by atoms with van der Waals surface area (Å²) in [6, 6.07) is 10.7. The largest absolute Gasteiger partial charge is 0.359 e. The van der Waals surface area contributed by atoms with E-state index in [1.807, 2.05) is 60.9 Å². The molecule has 1 aromatic heterocycles. The van der Waals surface area contributed by atoms with Crippen molar-refractivity contribution >= 4 is 34.7 Å². The SMILES string of the molecule is Cc1cccc(NC(=O)[C@H]2[C@H]3C=C[C@@]4(O3)[C@H]2C(=O)N(Cc2cccs2)[C@@H]4C(=O)N[C@@H]2CCC[C@H](C)[C@@H]2C)c1. The Balaban J connectivity index is 1.32. The van der Waals surface area contributed by atoms with Crippen molar-refractivity contribution in [3.8, 4) is 0 Å². The first-order valence-corrected chi connectivity index (χ1v) is 14.5. The maximum absolute atomic E-state index is 14.1. The molecule has 1 saturated carbocycles. The number of hydrogen-bond acceptors (Lipinski definition) is 5. The normalized spacial score (nSPS) is 35.4. The number of aryl methyl sites for hydroxylation is 1. The second kappa shape index (κ2) is 9.65. The van der Waals surface area contributed by atoms with Crippen LogP contribution in [0.2, 0.25) is 0 Å². The minimum absolute atomic E-state index is 0.0587. The third-order valence-electron chi connectivity index (χ3n) is 9.15. The van der Waals surface area contributed by atoms with Crippen LogP contribution in [0.4, 0.5) is 5.69 Å². The van der Waals surface area contributed by atoms with Gasteiger partial charge in [-0.3, -0.25) is 14.4 Å². The highest BCUT2D eigenvalue weighted by Gasteiger charge is 2.72. The van der Waals surface area contributed by atoms with E-state index in [2.05, 4.69) is 24.5 Å². The number of hydrogen-bond donors (Lipinski definition) is 2. The molecule has 1 spiro atoms. The summed E-state index contributed by atoms with van der Waals surface area (Å²) in [6.45, 7) is 6.72. The number of rotatable bonds is 6. The second-order valence-corrected chi connectivity index (χ2v) is 12.5. The van der Waals surface area contributed by atoms with Gasteiger partial charge in [0.15, 0.2) is 0 Å². The molecule has 200 valence electrons. The van der Waals surface area contributed by atoms with Crippen molar-refractivity contribution in [2.24, 2.45) is 23.7 Å². The molecule has 4 aliphatic rings. The first-order valence-electron chi connectivity index (χ1n) is 13.7.